The number of hydrogen-bond donors (Lipinski definition) is 0. The molecule has 0 aliphatic rings. The van der Waals surface area contributed by atoms with E-state index >= 15 is 0 Å². The SMILES string of the molecule is CCCC=C(C)CC(C)(C)C. The Morgan fingerprint density at radius 3 is 2.18 bits per heavy atom. The van der Waals surface area contributed by atoms with Crippen LogP contribution in [0.3, 0.4) is 0 Å². The van der Waals surface area contributed by atoms with Crippen LogP contribution in [0.25, 0.3) is 0 Å². The first-order valence-corrected chi connectivity index (χ1v) is 4.61. The van der Waals surface area contributed by atoms with E-state index in [1.54, 1.807) is 5.57 Å². The summed E-state index contributed by atoms with van der Waals surface area (Å²) in [6.07, 6.45) is 6.10. The monoisotopic (exact) mass is 154 g/mol. The van der Waals surface area contributed by atoms with Crippen molar-refractivity contribution in [2.24, 2.45) is 5.41 Å². The van der Waals surface area contributed by atoms with E-state index in [-0.39, 0.29) is 0 Å². The quantitative estimate of drug-likeness (QED) is 0.535. The molecule has 0 aliphatic heterocycles. The van der Waals surface area contributed by atoms with Gasteiger partial charge in [0.2, 0.25) is 0 Å². The Balaban J connectivity index is 3.76. The van der Waals surface area contributed by atoms with E-state index in [0.29, 0.717) is 5.41 Å². The summed E-state index contributed by atoms with van der Waals surface area (Å²) >= 11 is 0. The van der Waals surface area contributed by atoms with Crippen LogP contribution in [0.15, 0.2) is 11.6 Å². The second-order valence-electron chi connectivity index (χ2n) is 4.58. The molecule has 0 aromatic carbocycles. The molecule has 0 atom stereocenters. The molecule has 0 aromatic heterocycles. The molecule has 11 heavy (non-hydrogen) atoms. The van der Waals surface area contributed by atoms with Gasteiger partial charge in [0.15, 0.2) is 0 Å². The van der Waals surface area contributed by atoms with Gasteiger partial charge in [-0.2, -0.15) is 0 Å². The normalized spacial score (nSPS) is 13.7. The van der Waals surface area contributed by atoms with Crippen LogP contribution in [0.2, 0.25) is 0 Å². The van der Waals surface area contributed by atoms with Crippen molar-refractivity contribution >= 4 is 0 Å². The largest absolute Gasteiger partial charge is 0.0856 e. The van der Waals surface area contributed by atoms with Gasteiger partial charge in [0.25, 0.3) is 0 Å². The lowest BCUT2D eigenvalue weighted by Gasteiger charge is -2.18. The Bertz CT molecular complexity index is 123. The van der Waals surface area contributed by atoms with Crippen molar-refractivity contribution < 1.29 is 0 Å². The highest BCUT2D eigenvalue weighted by molar-refractivity contribution is 5.00. The van der Waals surface area contributed by atoms with Gasteiger partial charge in [-0.15, -0.1) is 0 Å². The summed E-state index contributed by atoms with van der Waals surface area (Å²) in [5, 5.41) is 0. The summed E-state index contributed by atoms with van der Waals surface area (Å²) in [6, 6.07) is 0. The lowest BCUT2D eigenvalue weighted by atomic mass is 9.88. The lowest BCUT2D eigenvalue weighted by molar-refractivity contribution is 0.409. The van der Waals surface area contributed by atoms with E-state index in [2.05, 4.69) is 40.7 Å². The van der Waals surface area contributed by atoms with Gasteiger partial charge in [0, 0.05) is 0 Å². The summed E-state index contributed by atoms with van der Waals surface area (Å²) in [5.74, 6) is 0. The molecule has 0 aliphatic carbocycles. The average molecular weight is 154 g/mol. The van der Waals surface area contributed by atoms with Crippen LogP contribution in [-0.4, -0.2) is 0 Å². The van der Waals surface area contributed by atoms with Crippen molar-refractivity contribution in [1.82, 2.24) is 0 Å². The zero-order valence-corrected chi connectivity index (χ0v) is 8.70. The van der Waals surface area contributed by atoms with Crippen molar-refractivity contribution in [3.05, 3.63) is 11.6 Å². The van der Waals surface area contributed by atoms with Gasteiger partial charge in [-0.3, -0.25) is 0 Å². The highest BCUT2D eigenvalue weighted by Crippen LogP contribution is 2.23. The fraction of sp³-hybridized carbons (Fsp3) is 0.818. The summed E-state index contributed by atoms with van der Waals surface area (Å²) in [4.78, 5) is 0. The fourth-order valence-corrected chi connectivity index (χ4v) is 1.30. The third kappa shape index (κ3) is 7.64. The van der Waals surface area contributed by atoms with Crippen molar-refractivity contribution in [3.8, 4) is 0 Å². The maximum absolute atomic E-state index is 2.37. The standard InChI is InChI=1S/C11H22/c1-6-7-8-10(2)9-11(3,4)5/h8H,6-7,9H2,1-5H3. The molecule has 0 heterocycles. The van der Waals surface area contributed by atoms with Crippen LogP contribution in [0, 0.1) is 5.41 Å². The zero-order valence-electron chi connectivity index (χ0n) is 8.70. The van der Waals surface area contributed by atoms with Gasteiger partial charge in [-0.1, -0.05) is 45.8 Å². The highest BCUT2D eigenvalue weighted by Gasteiger charge is 2.09. The number of hydrogen-bond acceptors (Lipinski definition) is 0. The van der Waals surface area contributed by atoms with E-state index in [1.165, 1.54) is 19.3 Å². The van der Waals surface area contributed by atoms with Gasteiger partial charge in [-0.25, -0.2) is 0 Å². The molecule has 0 heteroatoms. The minimum absolute atomic E-state index is 0.453. The zero-order chi connectivity index (χ0) is 8.91. The summed E-state index contributed by atoms with van der Waals surface area (Å²) < 4.78 is 0. The molecule has 0 rings (SSSR count). The summed E-state index contributed by atoms with van der Waals surface area (Å²) in [7, 11) is 0. The van der Waals surface area contributed by atoms with Crippen molar-refractivity contribution in [1.29, 1.82) is 0 Å². The molecule has 0 aromatic rings. The molecule has 66 valence electrons. The average Bonchev–Trinajstić information content (AvgIpc) is 1.79. The molecule has 0 fully saturated rings. The molecule has 0 N–H and O–H groups in total. The smallest absolute Gasteiger partial charge is 0.0274 e. The maximum atomic E-state index is 2.37. The van der Waals surface area contributed by atoms with E-state index in [4.69, 9.17) is 0 Å². The second kappa shape index (κ2) is 4.58. The number of allylic oxidation sites excluding steroid dienone is 2. The first kappa shape index (κ1) is 10.7. The van der Waals surface area contributed by atoms with Crippen LogP contribution in [-0.2, 0) is 0 Å². The van der Waals surface area contributed by atoms with Crippen molar-refractivity contribution in [2.75, 3.05) is 0 Å². The molecule has 0 saturated heterocycles. The molecule has 0 spiro atoms. The molecular weight excluding hydrogens is 132 g/mol. The van der Waals surface area contributed by atoms with Gasteiger partial charge in [0.05, 0.1) is 0 Å². The van der Waals surface area contributed by atoms with Crippen LogP contribution in [0.1, 0.15) is 53.9 Å². The minimum Gasteiger partial charge on any atom is -0.0856 e. The van der Waals surface area contributed by atoms with Gasteiger partial charge in [-0.05, 0) is 25.2 Å². The van der Waals surface area contributed by atoms with E-state index in [1.807, 2.05) is 0 Å². The van der Waals surface area contributed by atoms with Crippen LogP contribution < -0.4 is 0 Å². The summed E-state index contributed by atoms with van der Waals surface area (Å²) in [5.41, 5.74) is 1.99. The maximum Gasteiger partial charge on any atom is -0.0274 e. The van der Waals surface area contributed by atoms with Crippen molar-refractivity contribution in [3.63, 3.8) is 0 Å². The Labute approximate surface area is 71.7 Å². The summed E-state index contributed by atoms with van der Waals surface area (Å²) in [6.45, 7) is 11.3. The van der Waals surface area contributed by atoms with E-state index in [0.717, 1.165) is 0 Å². The number of rotatable bonds is 3. The third-order valence-corrected chi connectivity index (χ3v) is 1.59. The lowest BCUT2D eigenvalue weighted by Crippen LogP contribution is -2.04. The Morgan fingerprint density at radius 1 is 1.27 bits per heavy atom. The second-order valence-corrected chi connectivity index (χ2v) is 4.58. The first-order chi connectivity index (χ1) is 4.95. The highest BCUT2D eigenvalue weighted by atomic mass is 14.1. The van der Waals surface area contributed by atoms with Gasteiger partial charge < -0.3 is 0 Å². The van der Waals surface area contributed by atoms with Crippen molar-refractivity contribution in [2.45, 2.75) is 53.9 Å². The first-order valence-electron chi connectivity index (χ1n) is 4.61. The Hall–Kier alpha value is -0.260. The minimum atomic E-state index is 0.453. The molecule has 0 nitrogen and oxygen atoms in total. The van der Waals surface area contributed by atoms with Gasteiger partial charge >= 0.3 is 0 Å². The molecule has 0 saturated carbocycles. The molecule has 0 bridgehead atoms. The third-order valence-electron chi connectivity index (χ3n) is 1.59. The molecule has 0 radical (unpaired) electrons. The molecule has 0 unspecified atom stereocenters. The molecule has 0 amide bonds. The Morgan fingerprint density at radius 2 is 1.82 bits per heavy atom. The van der Waals surface area contributed by atoms with Crippen LogP contribution in [0.5, 0.6) is 0 Å². The molecular formula is C11H22. The predicted molar refractivity (Wildman–Crippen MR) is 52.7 cm³/mol. The Kier molecular flexibility index (Phi) is 4.48. The van der Waals surface area contributed by atoms with E-state index < -0.39 is 0 Å². The number of unbranched alkanes of at least 4 members (excludes halogenated alkanes) is 1. The predicted octanol–water partition coefficient (Wildman–Crippen LogP) is 4.17. The van der Waals surface area contributed by atoms with Crippen LogP contribution in [0.4, 0.5) is 0 Å². The van der Waals surface area contributed by atoms with Gasteiger partial charge in [0.1, 0.15) is 0 Å². The fourth-order valence-electron chi connectivity index (χ4n) is 1.30. The topological polar surface area (TPSA) is 0 Å². The van der Waals surface area contributed by atoms with E-state index in [9.17, 15) is 0 Å². The van der Waals surface area contributed by atoms with Crippen LogP contribution >= 0.6 is 0 Å².